The van der Waals surface area contributed by atoms with Crippen molar-refractivity contribution in [2.45, 2.75) is 0 Å². The third kappa shape index (κ3) is 2.38. The molecule has 0 aliphatic heterocycles. The normalized spacial score (nSPS) is 12.1. The first-order valence-electron chi connectivity index (χ1n) is 2.52. The van der Waals surface area contributed by atoms with E-state index in [1.165, 1.54) is 5.56 Å². The Balaban J connectivity index is 2.85. The number of hydrogen-bond acceptors (Lipinski definition) is 0. The molecule has 0 aliphatic carbocycles. The third-order valence-electron chi connectivity index (χ3n) is 0.947. The molecule has 0 spiro atoms. The van der Waals surface area contributed by atoms with Gasteiger partial charge < -0.3 is 0 Å². The van der Waals surface area contributed by atoms with Gasteiger partial charge in [0.15, 0.2) is 0 Å². The molecule has 0 aromatic heterocycles. The molecule has 0 saturated carbocycles. The Morgan fingerprint density at radius 3 is 2.44 bits per heavy atom. The zero-order valence-corrected chi connectivity index (χ0v) is 7.07. The van der Waals surface area contributed by atoms with E-state index in [-0.39, 0.29) is 15.7 Å². The Hall–Kier alpha value is 0.00338. The second kappa shape index (κ2) is 3.92. The Morgan fingerprint density at radius 1 is 1.22 bits per heavy atom. The van der Waals surface area contributed by atoms with Gasteiger partial charge in [-0.25, -0.2) is 0 Å². The summed E-state index contributed by atoms with van der Waals surface area (Å²) in [5.41, 5.74) is 1.22. The molecule has 0 atom stereocenters. The van der Waals surface area contributed by atoms with Crippen molar-refractivity contribution in [2.75, 3.05) is 0 Å². The van der Waals surface area contributed by atoms with Crippen molar-refractivity contribution in [3.05, 3.63) is 35.9 Å². The summed E-state index contributed by atoms with van der Waals surface area (Å²) >= 11 is 0.0710. The molecule has 0 nitrogen and oxygen atoms in total. The SMILES string of the molecule is [Cl][Rh]=[CH]c1ccccc1. The van der Waals surface area contributed by atoms with Crippen molar-refractivity contribution in [1.29, 1.82) is 0 Å². The third-order valence-corrected chi connectivity index (χ3v) is 2.10. The van der Waals surface area contributed by atoms with E-state index in [0.717, 1.165) is 0 Å². The van der Waals surface area contributed by atoms with Crippen LogP contribution in [-0.4, -0.2) is 4.61 Å². The van der Waals surface area contributed by atoms with Crippen molar-refractivity contribution in [2.24, 2.45) is 0 Å². The number of rotatable bonds is 1. The standard InChI is InChI=1S/C7H6.ClH.Rh/c1-7-5-3-2-4-6-7;;/h1-6H;1H;/q;;+1/p-1. The molecule has 0 fully saturated rings. The molecule has 0 aliphatic rings. The van der Waals surface area contributed by atoms with E-state index in [2.05, 4.69) is 0 Å². The van der Waals surface area contributed by atoms with Crippen molar-refractivity contribution < 1.29 is 15.7 Å². The van der Waals surface area contributed by atoms with Gasteiger partial charge in [-0.15, -0.1) is 0 Å². The number of halogens is 1. The summed E-state index contributed by atoms with van der Waals surface area (Å²) in [5, 5.41) is 0. The van der Waals surface area contributed by atoms with Crippen LogP contribution in [0.4, 0.5) is 0 Å². The van der Waals surface area contributed by atoms with Crippen LogP contribution in [0.2, 0.25) is 0 Å². The van der Waals surface area contributed by atoms with E-state index in [1.807, 2.05) is 34.9 Å². The molecule has 2 heteroatoms. The minimum absolute atomic E-state index is 0.0710. The molecular weight excluding hydrogens is 222 g/mol. The summed E-state index contributed by atoms with van der Waals surface area (Å²) < 4.78 is 2.04. The van der Waals surface area contributed by atoms with Gasteiger partial charge in [-0.05, 0) is 0 Å². The quantitative estimate of drug-likeness (QED) is 0.646. The van der Waals surface area contributed by atoms with Gasteiger partial charge in [0, 0.05) is 0 Å². The number of benzene rings is 1. The molecule has 50 valence electrons. The van der Waals surface area contributed by atoms with Gasteiger partial charge in [0.25, 0.3) is 0 Å². The first kappa shape index (κ1) is 7.11. The Labute approximate surface area is 66.0 Å². The predicted octanol–water partition coefficient (Wildman–Crippen LogP) is 2.07. The second-order valence-corrected chi connectivity index (χ2v) is 3.27. The molecule has 9 heavy (non-hydrogen) atoms. The average Bonchev–Trinajstić information content (AvgIpc) is 1.91. The van der Waals surface area contributed by atoms with Gasteiger partial charge >= 0.3 is 65.9 Å². The average molecular weight is 228 g/mol. The molecule has 0 amide bonds. The Morgan fingerprint density at radius 2 is 1.89 bits per heavy atom. The maximum atomic E-state index is 5.55. The summed E-state index contributed by atoms with van der Waals surface area (Å²) in [4.78, 5) is 0. The van der Waals surface area contributed by atoms with Gasteiger partial charge in [-0.1, -0.05) is 0 Å². The Kier molecular flexibility index (Phi) is 3.10. The molecule has 0 saturated heterocycles. The van der Waals surface area contributed by atoms with E-state index in [1.54, 1.807) is 0 Å². The van der Waals surface area contributed by atoms with E-state index < -0.39 is 0 Å². The van der Waals surface area contributed by atoms with E-state index in [0.29, 0.717) is 0 Å². The predicted molar refractivity (Wildman–Crippen MR) is 37.5 cm³/mol. The summed E-state index contributed by atoms with van der Waals surface area (Å²) in [6.45, 7) is 0. The van der Waals surface area contributed by atoms with Gasteiger partial charge in [0.2, 0.25) is 0 Å². The molecule has 0 heterocycles. The van der Waals surface area contributed by atoms with Crippen molar-refractivity contribution in [3.63, 3.8) is 0 Å². The van der Waals surface area contributed by atoms with E-state index in [4.69, 9.17) is 9.69 Å². The molecular formula is C7H6ClRh. The first-order valence-corrected chi connectivity index (χ1v) is 5.57. The molecule has 1 aromatic carbocycles. The van der Waals surface area contributed by atoms with Crippen LogP contribution >= 0.6 is 9.69 Å². The van der Waals surface area contributed by atoms with Crippen molar-refractivity contribution >= 4 is 14.3 Å². The number of hydrogen-bond donors (Lipinski definition) is 0. The fraction of sp³-hybridized carbons (Fsp3) is 0. The van der Waals surface area contributed by atoms with Crippen LogP contribution in [0.5, 0.6) is 0 Å². The van der Waals surface area contributed by atoms with Crippen LogP contribution in [0.15, 0.2) is 30.3 Å². The zero-order valence-electron chi connectivity index (χ0n) is 4.68. The van der Waals surface area contributed by atoms with Crippen LogP contribution in [0.3, 0.4) is 0 Å². The summed E-state index contributed by atoms with van der Waals surface area (Å²) in [7, 11) is 5.55. The molecule has 0 radical (unpaired) electrons. The van der Waals surface area contributed by atoms with Crippen LogP contribution in [0.25, 0.3) is 0 Å². The molecule has 0 N–H and O–H groups in total. The summed E-state index contributed by atoms with van der Waals surface area (Å²) in [6.07, 6.45) is 0. The van der Waals surface area contributed by atoms with Gasteiger partial charge in [0.05, 0.1) is 0 Å². The zero-order chi connectivity index (χ0) is 6.53. The first-order chi connectivity index (χ1) is 4.43. The maximum absolute atomic E-state index is 5.55. The van der Waals surface area contributed by atoms with Crippen molar-refractivity contribution in [3.8, 4) is 0 Å². The second-order valence-electron chi connectivity index (χ2n) is 1.58. The summed E-state index contributed by atoms with van der Waals surface area (Å²) in [5.74, 6) is 0. The van der Waals surface area contributed by atoms with Crippen LogP contribution < -0.4 is 0 Å². The van der Waals surface area contributed by atoms with Gasteiger partial charge in [0.1, 0.15) is 0 Å². The van der Waals surface area contributed by atoms with E-state index >= 15 is 0 Å². The van der Waals surface area contributed by atoms with Crippen molar-refractivity contribution in [1.82, 2.24) is 0 Å². The molecule has 0 unspecified atom stereocenters. The molecule has 1 rings (SSSR count). The van der Waals surface area contributed by atoms with E-state index in [9.17, 15) is 0 Å². The van der Waals surface area contributed by atoms with Gasteiger partial charge in [-0.2, -0.15) is 0 Å². The topological polar surface area (TPSA) is 0 Å². The fourth-order valence-corrected chi connectivity index (χ4v) is 1.58. The molecule has 1 aromatic rings. The van der Waals surface area contributed by atoms with Gasteiger partial charge in [-0.3, -0.25) is 0 Å². The summed E-state index contributed by atoms with van der Waals surface area (Å²) in [6, 6.07) is 10.1. The van der Waals surface area contributed by atoms with Crippen LogP contribution in [0.1, 0.15) is 5.56 Å². The fourth-order valence-electron chi connectivity index (χ4n) is 0.559. The van der Waals surface area contributed by atoms with Crippen LogP contribution in [-0.2, 0) is 15.7 Å². The van der Waals surface area contributed by atoms with Crippen LogP contribution in [0, 0.1) is 0 Å². The minimum atomic E-state index is 0.0710. The monoisotopic (exact) mass is 228 g/mol. The Bertz CT molecular complexity index is 193. The molecule has 0 bridgehead atoms.